The molecule has 0 aliphatic carbocycles. The number of hydrogen-bond donors (Lipinski definition) is 0. The Bertz CT molecular complexity index is 854. The fourth-order valence-corrected chi connectivity index (χ4v) is 4.35. The molecule has 0 spiro atoms. The van der Waals surface area contributed by atoms with Crippen LogP contribution in [0.25, 0.3) is 0 Å². The maximum absolute atomic E-state index is 14.3. The Morgan fingerprint density at radius 2 is 2.14 bits per heavy atom. The summed E-state index contributed by atoms with van der Waals surface area (Å²) in [6.45, 7) is 6.01. The van der Waals surface area contributed by atoms with E-state index in [1.54, 1.807) is 29.8 Å². The van der Waals surface area contributed by atoms with Gasteiger partial charge in [-0.25, -0.2) is 4.39 Å². The topological polar surface area (TPSA) is 47.4 Å². The molecule has 0 saturated carbocycles. The van der Waals surface area contributed by atoms with Crippen LogP contribution >= 0.6 is 11.6 Å². The van der Waals surface area contributed by atoms with Gasteiger partial charge in [0.1, 0.15) is 11.0 Å². The molecule has 152 valence electrons. The second kappa shape index (κ2) is 8.62. The number of halogens is 2. The van der Waals surface area contributed by atoms with Gasteiger partial charge in [0.05, 0.1) is 17.7 Å². The molecular weight excluding hydrogens is 381 g/mol. The van der Waals surface area contributed by atoms with E-state index in [4.69, 9.17) is 16.3 Å². The first-order chi connectivity index (χ1) is 13.4. The molecule has 0 N–H and O–H groups in total. The van der Waals surface area contributed by atoms with Gasteiger partial charge in [0.15, 0.2) is 0 Å². The normalized spacial score (nSPS) is 20.3. The molecule has 7 heteroatoms. The number of carbonyl (C=O) groups is 1. The van der Waals surface area contributed by atoms with Crippen molar-refractivity contribution in [2.75, 3.05) is 19.7 Å². The summed E-state index contributed by atoms with van der Waals surface area (Å²) >= 11 is 6.40. The van der Waals surface area contributed by atoms with Crippen LogP contribution in [0.3, 0.4) is 0 Å². The van der Waals surface area contributed by atoms with Gasteiger partial charge in [-0.15, -0.1) is 0 Å². The van der Waals surface area contributed by atoms with Crippen molar-refractivity contribution >= 4 is 17.6 Å². The lowest BCUT2D eigenvalue weighted by Crippen LogP contribution is -2.49. The molecule has 0 radical (unpaired) electrons. The molecule has 3 rings (SSSR count). The molecule has 1 saturated heterocycles. The van der Waals surface area contributed by atoms with Gasteiger partial charge in [0.2, 0.25) is 0 Å². The van der Waals surface area contributed by atoms with Gasteiger partial charge >= 0.3 is 5.97 Å². The predicted octanol–water partition coefficient (Wildman–Crippen LogP) is 3.91. The average molecular weight is 408 g/mol. The van der Waals surface area contributed by atoms with Crippen LogP contribution in [0.5, 0.6) is 0 Å². The molecule has 2 heterocycles. The smallest absolute Gasteiger partial charge is 0.313 e. The van der Waals surface area contributed by atoms with Crippen LogP contribution in [0.4, 0.5) is 4.39 Å². The zero-order chi connectivity index (χ0) is 20.3. The number of rotatable bonds is 6. The Morgan fingerprint density at radius 3 is 2.79 bits per heavy atom. The number of hydrogen-bond acceptors (Lipinski definition) is 4. The summed E-state index contributed by atoms with van der Waals surface area (Å²) in [5.74, 6) is -0.536. The Morgan fingerprint density at radius 1 is 1.39 bits per heavy atom. The Labute approximate surface area is 170 Å². The minimum atomic E-state index is -0.765. The van der Waals surface area contributed by atoms with Crippen LogP contribution in [0.2, 0.25) is 5.15 Å². The van der Waals surface area contributed by atoms with E-state index in [1.165, 1.54) is 6.07 Å². The van der Waals surface area contributed by atoms with E-state index >= 15 is 0 Å². The predicted molar refractivity (Wildman–Crippen MR) is 107 cm³/mol. The molecular formula is C21H27ClFN3O2. The number of benzene rings is 1. The molecule has 28 heavy (non-hydrogen) atoms. The van der Waals surface area contributed by atoms with Crippen LogP contribution in [0, 0.1) is 18.2 Å². The summed E-state index contributed by atoms with van der Waals surface area (Å²) in [5, 5.41) is 4.98. The zero-order valence-electron chi connectivity index (χ0n) is 16.7. The van der Waals surface area contributed by atoms with Crippen LogP contribution < -0.4 is 0 Å². The van der Waals surface area contributed by atoms with E-state index in [1.807, 2.05) is 14.0 Å². The van der Waals surface area contributed by atoms with E-state index in [0.29, 0.717) is 43.3 Å². The van der Waals surface area contributed by atoms with Gasteiger partial charge in [0.25, 0.3) is 0 Å². The standard InChI is InChI=1S/C21H27ClFN3O2/c1-4-28-20(27)21(12-16-8-5-6-9-18(16)23)10-7-11-26(14-21)13-17-15(2)24-25(3)19(17)22/h5-6,8-9H,4,7,10-14H2,1-3H3/t21-/m1/s1. The second-order valence-corrected chi connectivity index (χ2v) is 7.92. The van der Waals surface area contributed by atoms with E-state index < -0.39 is 5.41 Å². The van der Waals surface area contributed by atoms with Gasteiger partial charge in [-0.3, -0.25) is 14.4 Å². The van der Waals surface area contributed by atoms with Gasteiger partial charge < -0.3 is 4.74 Å². The fraction of sp³-hybridized carbons (Fsp3) is 0.524. The maximum Gasteiger partial charge on any atom is 0.313 e. The Balaban J connectivity index is 1.87. The first-order valence-corrected chi connectivity index (χ1v) is 10.0. The molecule has 1 aromatic carbocycles. The molecule has 1 aliphatic rings. The maximum atomic E-state index is 14.3. The van der Waals surface area contributed by atoms with E-state index in [0.717, 1.165) is 24.2 Å². The van der Waals surface area contributed by atoms with Crippen molar-refractivity contribution < 1.29 is 13.9 Å². The van der Waals surface area contributed by atoms with Gasteiger partial charge in [0, 0.05) is 25.7 Å². The van der Waals surface area contributed by atoms with Crippen molar-refractivity contribution in [1.82, 2.24) is 14.7 Å². The molecule has 1 fully saturated rings. The van der Waals surface area contributed by atoms with E-state index in [2.05, 4.69) is 10.00 Å². The van der Waals surface area contributed by atoms with Crippen LogP contribution in [0.1, 0.15) is 36.6 Å². The van der Waals surface area contributed by atoms with Crippen LogP contribution in [0.15, 0.2) is 24.3 Å². The van der Waals surface area contributed by atoms with Gasteiger partial charge in [-0.2, -0.15) is 5.10 Å². The highest BCUT2D eigenvalue weighted by atomic mass is 35.5. The van der Waals surface area contributed by atoms with Crippen molar-refractivity contribution in [3.05, 3.63) is 52.1 Å². The number of aryl methyl sites for hydroxylation is 2. The molecule has 1 aromatic heterocycles. The van der Waals surface area contributed by atoms with Gasteiger partial charge in [-0.1, -0.05) is 29.8 Å². The SMILES string of the molecule is CCOC(=O)[C@@]1(Cc2ccccc2F)CCCN(Cc2c(C)nn(C)c2Cl)C1. The van der Waals surface area contributed by atoms with Crippen LogP contribution in [-0.2, 0) is 29.5 Å². The first kappa shape index (κ1) is 20.8. The van der Waals surface area contributed by atoms with Crippen molar-refractivity contribution in [1.29, 1.82) is 0 Å². The zero-order valence-corrected chi connectivity index (χ0v) is 17.4. The third kappa shape index (κ3) is 4.23. The molecule has 1 atom stereocenters. The van der Waals surface area contributed by atoms with Crippen molar-refractivity contribution in [2.45, 2.75) is 39.7 Å². The lowest BCUT2D eigenvalue weighted by atomic mass is 9.75. The highest BCUT2D eigenvalue weighted by Crippen LogP contribution is 2.37. The molecule has 0 amide bonds. The van der Waals surface area contributed by atoms with Crippen molar-refractivity contribution in [3.8, 4) is 0 Å². The molecule has 1 aliphatic heterocycles. The fourth-order valence-electron chi connectivity index (χ4n) is 4.11. The summed E-state index contributed by atoms with van der Waals surface area (Å²) in [4.78, 5) is 15.2. The van der Waals surface area contributed by atoms with Crippen molar-refractivity contribution in [3.63, 3.8) is 0 Å². The first-order valence-electron chi connectivity index (χ1n) is 9.67. The summed E-state index contributed by atoms with van der Waals surface area (Å²) in [6.07, 6.45) is 1.84. The quantitative estimate of drug-likeness (QED) is 0.681. The summed E-state index contributed by atoms with van der Waals surface area (Å²) in [5.41, 5.74) is 1.63. The number of piperidine rings is 1. The summed E-state index contributed by atoms with van der Waals surface area (Å²) < 4.78 is 21.4. The number of esters is 1. The molecule has 2 aromatic rings. The van der Waals surface area contributed by atoms with Gasteiger partial charge in [-0.05, 0) is 51.3 Å². The van der Waals surface area contributed by atoms with E-state index in [-0.39, 0.29) is 11.8 Å². The van der Waals surface area contributed by atoms with Crippen LogP contribution in [-0.4, -0.2) is 40.3 Å². The number of ether oxygens (including phenoxy) is 1. The number of nitrogens with zero attached hydrogens (tertiary/aromatic N) is 3. The Kier molecular flexibility index (Phi) is 6.40. The summed E-state index contributed by atoms with van der Waals surface area (Å²) in [6, 6.07) is 6.65. The number of carbonyl (C=O) groups excluding carboxylic acids is 1. The largest absolute Gasteiger partial charge is 0.466 e. The Hall–Kier alpha value is -1.92. The monoisotopic (exact) mass is 407 g/mol. The number of aromatic nitrogens is 2. The van der Waals surface area contributed by atoms with Crippen molar-refractivity contribution in [2.24, 2.45) is 12.5 Å². The molecule has 0 bridgehead atoms. The molecule has 5 nitrogen and oxygen atoms in total. The minimum absolute atomic E-state index is 0.253. The lowest BCUT2D eigenvalue weighted by molar-refractivity contribution is -0.159. The highest BCUT2D eigenvalue weighted by molar-refractivity contribution is 6.30. The lowest BCUT2D eigenvalue weighted by Gasteiger charge is -2.41. The second-order valence-electron chi connectivity index (χ2n) is 7.56. The third-order valence-corrected chi connectivity index (χ3v) is 5.98. The van der Waals surface area contributed by atoms with E-state index in [9.17, 15) is 9.18 Å². The minimum Gasteiger partial charge on any atom is -0.466 e. The molecule has 0 unspecified atom stereocenters. The summed E-state index contributed by atoms with van der Waals surface area (Å²) in [7, 11) is 1.82. The highest BCUT2D eigenvalue weighted by Gasteiger charge is 2.44. The third-order valence-electron chi connectivity index (χ3n) is 5.50. The number of likely N-dealkylation sites (tertiary alicyclic amines) is 1. The average Bonchev–Trinajstić information content (AvgIpc) is 2.90.